The van der Waals surface area contributed by atoms with Gasteiger partial charge < -0.3 is 24.6 Å². The maximum Gasteiger partial charge on any atom is 0.318 e. The number of amides is 2. The predicted octanol–water partition coefficient (Wildman–Crippen LogP) is 3.12. The third kappa shape index (κ3) is 6.42. The standard InChI is InChI=1S/C21H28FN3O3/c1-24(2)11-12-25(15-16-5-8-18(22)9-6-16)21(26)23-14-17-7-10-19(27-3)20(13-17)28-4/h5-10,13H,11-12,14-15H2,1-4H3,(H,23,26). The number of ether oxygens (including phenoxy) is 2. The zero-order chi connectivity index (χ0) is 20.5. The molecule has 0 heterocycles. The van der Waals surface area contributed by atoms with Gasteiger partial charge in [-0.15, -0.1) is 0 Å². The lowest BCUT2D eigenvalue weighted by molar-refractivity contribution is 0.188. The van der Waals surface area contributed by atoms with Gasteiger partial charge >= 0.3 is 6.03 Å². The summed E-state index contributed by atoms with van der Waals surface area (Å²) in [6.07, 6.45) is 0. The van der Waals surface area contributed by atoms with E-state index in [1.54, 1.807) is 31.3 Å². The Kier molecular flexibility index (Phi) is 8.07. The first-order valence-corrected chi connectivity index (χ1v) is 9.05. The minimum absolute atomic E-state index is 0.180. The van der Waals surface area contributed by atoms with Crippen molar-refractivity contribution in [3.05, 3.63) is 59.4 Å². The Bertz CT molecular complexity index is 766. The molecule has 152 valence electrons. The number of benzene rings is 2. The first-order valence-electron chi connectivity index (χ1n) is 9.05. The number of halogens is 1. The van der Waals surface area contributed by atoms with Crippen LogP contribution in [0.15, 0.2) is 42.5 Å². The van der Waals surface area contributed by atoms with Crippen LogP contribution in [-0.4, -0.2) is 57.2 Å². The van der Waals surface area contributed by atoms with E-state index in [-0.39, 0.29) is 11.8 Å². The minimum atomic E-state index is -0.290. The Labute approximate surface area is 165 Å². The molecule has 0 aromatic heterocycles. The SMILES string of the molecule is COc1ccc(CNC(=O)N(CCN(C)C)Cc2ccc(F)cc2)cc1OC. The summed E-state index contributed by atoms with van der Waals surface area (Å²) in [6, 6.07) is 11.5. The highest BCUT2D eigenvalue weighted by atomic mass is 19.1. The molecule has 0 unspecified atom stereocenters. The number of rotatable bonds is 9. The monoisotopic (exact) mass is 389 g/mol. The molecule has 0 saturated carbocycles. The summed E-state index contributed by atoms with van der Waals surface area (Å²) >= 11 is 0. The van der Waals surface area contributed by atoms with Gasteiger partial charge in [-0.05, 0) is 49.5 Å². The molecule has 2 amide bonds. The summed E-state index contributed by atoms with van der Waals surface area (Å²) in [5, 5.41) is 2.94. The Morgan fingerprint density at radius 1 is 0.964 bits per heavy atom. The van der Waals surface area contributed by atoms with Gasteiger partial charge in [0.2, 0.25) is 0 Å². The van der Waals surface area contributed by atoms with Gasteiger partial charge in [0.05, 0.1) is 14.2 Å². The highest BCUT2D eigenvalue weighted by molar-refractivity contribution is 5.74. The highest BCUT2D eigenvalue weighted by Gasteiger charge is 2.15. The number of hydrogen-bond donors (Lipinski definition) is 1. The van der Waals surface area contributed by atoms with Crippen molar-refractivity contribution in [2.45, 2.75) is 13.1 Å². The van der Waals surface area contributed by atoms with Crippen LogP contribution in [-0.2, 0) is 13.1 Å². The van der Waals surface area contributed by atoms with Crippen LogP contribution in [0.25, 0.3) is 0 Å². The van der Waals surface area contributed by atoms with Crippen molar-refractivity contribution >= 4 is 6.03 Å². The van der Waals surface area contributed by atoms with E-state index in [1.807, 2.05) is 37.2 Å². The lowest BCUT2D eigenvalue weighted by Crippen LogP contribution is -2.42. The largest absolute Gasteiger partial charge is 0.493 e. The molecule has 0 aliphatic rings. The third-order valence-corrected chi connectivity index (χ3v) is 4.28. The number of hydrogen-bond acceptors (Lipinski definition) is 4. The third-order valence-electron chi connectivity index (χ3n) is 4.28. The fourth-order valence-electron chi connectivity index (χ4n) is 2.66. The number of carbonyl (C=O) groups excluding carboxylic acids is 1. The van der Waals surface area contributed by atoms with Crippen LogP contribution in [0.2, 0.25) is 0 Å². The summed E-state index contributed by atoms with van der Waals surface area (Å²) in [6.45, 7) is 2.06. The molecular formula is C21H28FN3O3. The molecule has 0 aliphatic heterocycles. The number of carbonyl (C=O) groups is 1. The van der Waals surface area contributed by atoms with Crippen molar-refractivity contribution in [1.82, 2.24) is 15.1 Å². The minimum Gasteiger partial charge on any atom is -0.493 e. The molecule has 28 heavy (non-hydrogen) atoms. The van der Waals surface area contributed by atoms with Crippen molar-refractivity contribution in [3.8, 4) is 11.5 Å². The number of methoxy groups -OCH3 is 2. The van der Waals surface area contributed by atoms with Crippen molar-refractivity contribution in [3.63, 3.8) is 0 Å². The Morgan fingerprint density at radius 2 is 1.61 bits per heavy atom. The average molecular weight is 389 g/mol. The van der Waals surface area contributed by atoms with E-state index in [4.69, 9.17) is 9.47 Å². The molecule has 0 spiro atoms. The first-order chi connectivity index (χ1) is 13.4. The molecule has 2 aromatic rings. The molecule has 6 nitrogen and oxygen atoms in total. The molecule has 2 rings (SSSR count). The van der Waals surface area contributed by atoms with Gasteiger partial charge in [-0.25, -0.2) is 9.18 Å². The Balaban J connectivity index is 2.03. The molecule has 0 saturated heterocycles. The van der Waals surface area contributed by atoms with E-state index in [1.165, 1.54) is 12.1 Å². The summed E-state index contributed by atoms with van der Waals surface area (Å²) in [5.74, 6) is 0.966. The van der Waals surface area contributed by atoms with Gasteiger partial charge in [0.15, 0.2) is 11.5 Å². The smallest absolute Gasteiger partial charge is 0.318 e. The van der Waals surface area contributed by atoms with E-state index < -0.39 is 0 Å². The van der Waals surface area contributed by atoms with Crippen molar-refractivity contribution in [2.24, 2.45) is 0 Å². The maximum atomic E-state index is 13.1. The van der Waals surface area contributed by atoms with Gasteiger partial charge in [0.1, 0.15) is 5.82 Å². The van der Waals surface area contributed by atoms with Gasteiger partial charge in [0, 0.05) is 26.2 Å². The molecule has 7 heteroatoms. The zero-order valence-electron chi connectivity index (χ0n) is 16.9. The summed E-state index contributed by atoms with van der Waals surface area (Å²) < 4.78 is 23.7. The van der Waals surface area contributed by atoms with Gasteiger partial charge in [0.25, 0.3) is 0 Å². The van der Waals surface area contributed by atoms with E-state index in [0.717, 1.165) is 17.7 Å². The maximum absolute atomic E-state index is 13.1. The van der Waals surface area contributed by atoms with E-state index >= 15 is 0 Å². The molecule has 1 N–H and O–H groups in total. The fraction of sp³-hybridized carbons (Fsp3) is 0.381. The van der Waals surface area contributed by atoms with E-state index in [2.05, 4.69) is 5.32 Å². The van der Waals surface area contributed by atoms with E-state index in [9.17, 15) is 9.18 Å². The number of nitrogens with one attached hydrogen (secondary N) is 1. The van der Waals surface area contributed by atoms with Crippen molar-refractivity contribution in [2.75, 3.05) is 41.4 Å². The van der Waals surface area contributed by atoms with Gasteiger partial charge in [-0.2, -0.15) is 0 Å². The van der Waals surface area contributed by atoms with Crippen molar-refractivity contribution in [1.29, 1.82) is 0 Å². The zero-order valence-corrected chi connectivity index (χ0v) is 16.9. The summed E-state index contributed by atoms with van der Waals surface area (Å²) in [4.78, 5) is 16.5. The molecule has 0 atom stereocenters. The van der Waals surface area contributed by atoms with Crippen molar-refractivity contribution < 1.29 is 18.7 Å². The molecule has 2 aromatic carbocycles. The topological polar surface area (TPSA) is 54.0 Å². The van der Waals surface area contributed by atoms with Crippen LogP contribution in [0.4, 0.5) is 9.18 Å². The van der Waals surface area contributed by atoms with Crippen LogP contribution < -0.4 is 14.8 Å². The molecule has 0 fully saturated rings. The average Bonchev–Trinajstić information content (AvgIpc) is 2.70. The predicted molar refractivity (Wildman–Crippen MR) is 107 cm³/mol. The summed E-state index contributed by atoms with van der Waals surface area (Å²) in [5.41, 5.74) is 1.78. The van der Waals surface area contributed by atoms with Gasteiger partial charge in [-0.3, -0.25) is 0 Å². The fourth-order valence-corrected chi connectivity index (χ4v) is 2.66. The van der Waals surface area contributed by atoms with Crippen LogP contribution in [0.1, 0.15) is 11.1 Å². The van der Waals surface area contributed by atoms with E-state index in [0.29, 0.717) is 31.1 Å². The van der Waals surface area contributed by atoms with Crippen LogP contribution >= 0.6 is 0 Å². The second-order valence-corrected chi connectivity index (χ2v) is 6.70. The lowest BCUT2D eigenvalue weighted by Gasteiger charge is -2.25. The molecule has 0 radical (unpaired) electrons. The summed E-state index contributed by atoms with van der Waals surface area (Å²) in [7, 11) is 7.07. The second kappa shape index (κ2) is 10.5. The van der Waals surface area contributed by atoms with Crippen LogP contribution in [0.5, 0.6) is 11.5 Å². The molecule has 0 aliphatic carbocycles. The normalized spacial score (nSPS) is 10.6. The first kappa shape index (κ1) is 21.5. The Morgan fingerprint density at radius 3 is 2.21 bits per heavy atom. The molecule has 0 bridgehead atoms. The number of nitrogens with zero attached hydrogens (tertiary/aromatic N) is 2. The van der Waals surface area contributed by atoms with Crippen LogP contribution in [0, 0.1) is 5.82 Å². The van der Waals surface area contributed by atoms with Crippen LogP contribution in [0.3, 0.4) is 0 Å². The highest BCUT2D eigenvalue weighted by Crippen LogP contribution is 2.27. The Hall–Kier alpha value is -2.80. The lowest BCUT2D eigenvalue weighted by atomic mass is 10.2. The molecular weight excluding hydrogens is 361 g/mol. The van der Waals surface area contributed by atoms with Gasteiger partial charge in [-0.1, -0.05) is 18.2 Å². The number of urea groups is 1. The quantitative estimate of drug-likeness (QED) is 0.716. The number of likely N-dealkylation sites (N-methyl/N-ethyl adjacent to an activating group) is 1. The second-order valence-electron chi connectivity index (χ2n) is 6.70.